The Morgan fingerprint density at radius 3 is 2.52 bits per heavy atom. The molecule has 0 spiro atoms. The number of hydrogen-bond donors (Lipinski definition) is 1. The van der Waals surface area contributed by atoms with Crippen LogP contribution in [0, 0.1) is 0 Å². The lowest BCUT2D eigenvalue weighted by molar-refractivity contribution is 0.882. The van der Waals surface area contributed by atoms with Crippen LogP contribution in [0.3, 0.4) is 0 Å². The van der Waals surface area contributed by atoms with Gasteiger partial charge in [-0.2, -0.15) is 0 Å². The standard InChI is InChI=1S/C24H17ClN4OS/c25-18-11-5-7-13-21(18)29-22(27-19-12-6-4-10-17(19)23(29)30)15-31-24-26-14-20(28-24)16-8-2-1-3-9-16/h1-14H,15H2,(H,26,28). The second-order valence-electron chi connectivity index (χ2n) is 6.89. The van der Waals surface area contributed by atoms with Gasteiger partial charge in [0.05, 0.1) is 39.3 Å². The minimum atomic E-state index is -0.140. The van der Waals surface area contributed by atoms with E-state index in [0.29, 0.717) is 33.2 Å². The normalized spacial score (nSPS) is 11.1. The molecule has 0 fully saturated rings. The van der Waals surface area contributed by atoms with Crippen molar-refractivity contribution in [2.75, 3.05) is 0 Å². The van der Waals surface area contributed by atoms with Crippen molar-refractivity contribution < 1.29 is 0 Å². The zero-order valence-corrected chi connectivity index (χ0v) is 17.9. The smallest absolute Gasteiger partial charge is 0.266 e. The molecule has 5 nitrogen and oxygen atoms in total. The minimum absolute atomic E-state index is 0.140. The first-order valence-corrected chi connectivity index (χ1v) is 11.1. The van der Waals surface area contributed by atoms with Gasteiger partial charge in [0.1, 0.15) is 5.82 Å². The number of nitrogens with one attached hydrogen (secondary N) is 1. The molecule has 5 rings (SSSR count). The molecule has 152 valence electrons. The molecule has 2 aromatic heterocycles. The molecule has 0 aliphatic rings. The van der Waals surface area contributed by atoms with E-state index in [2.05, 4.69) is 9.97 Å². The molecule has 7 heteroatoms. The molecule has 0 amide bonds. The minimum Gasteiger partial charge on any atom is -0.333 e. The number of imidazole rings is 1. The number of hydrogen-bond acceptors (Lipinski definition) is 4. The van der Waals surface area contributed by atoms with Crippen molar-refractivity contribution in [1.82, 2.24) is 19.5 Å². The number of fused-ring (bicyclic) bond motifs is 1. The maximum atomic E-state index is 13.3. The SMILES string of the molecule is O=c1c2ccccc2nc(CSc2ncc(-c3ccccc3)[nH]2)n1-c1ccccc1Cl. The summed E-state index contributed by atoms with van der Waals surface area (Å²) < 4.78 is 1.60. The highest BCUT2D eigenvalue weighted by atomic mass is 35.5. The van der Waals surface area contributed by atoms with Crippen molar-refractivity contribution in [2.24, 2.45) is 0 Å². The van der Waals surface area contributed by atoms with Crippen molar-refractivity contribution in [3.63, 3.8) is 0 Å². The van der Waals surface area contributed by atoms with Crippen LogP contribution < -0.4 is 5.56 Å². The van der Waals surface area contributed by atoms with E-state index in [4.69, 9.17) is 16.6 Å². The third-order valence-corrected chi connectivity index (χ3v) is 6.12. The Hall–Kier alpha value is -3.35. The van der Waals surface area contributed by atoms with E-state index in [0.717, 1.165) is 16.4 Å². The molecule has 3 aromatic carbocycles. The molecule has 31 heavy (non-hydrogen) atoms. The van der Waals surface area contributed by atoms with Crippen LogP contribution in [0.15, 0.2) is 95.0 Å². The zero-order valence-electron chi connectivity index (χ0n) is 16.3. The third kappa shape index (κ3) is 3.87. The number of halogens is 1. The lowest BCUT2D eigenvalue weighted by atomic mass is 10.2. The molecule has 0 aliphatic carbocycles. The van der Waals surface area contributed by atoms with Gasteiger partial charge in [-0.1, -0.05) is 78.0 Å². The lowest BCUT2D eigenvalue weighted by Crippen LogP contribution is -2.23. The van der Waals surface area contributed by atoms with Gasteiger partial charge in [-0.25, -0.2) is 9.97 Å². The highest BCUT2D eigenvalue weighted by Crippen LogP contribution is 2.26. The number of benzene rings is 3. The van der Waals surface area contributed by atoms with E-state index >= 15 is 0 Å². The molecule has 0 aliphatic heterocycles. The number of aromatic amines is 1. The predicted octanol–water partition coefficient (Wildman–Crippen LogP) is 5.72. The number of thioether (sulfide) groups is 1. The van der Waals surface area contributed by atoms with Gasteiger partial charge in [0, 0.05) is 0 Å². The summed E-state index contributed by atoms with van der Waals surface area (Å²) in [6, 6.07) is 24.7. The monoisotopic (exact) mass is 444 g/mol. The summed E-state index contributed by atoms with van der Waals surface area (Å²) >= 11 is 7.92. The lowest BCUT2D eigenvalue weighted by Gasteiger charge is -2.14. The van der Waals surface area contributed by atoms with Crippen LogP contribution in [-0.2, 0) is 5.75 Å². The highest BCUT2D eigenvalue weighted by Gasteiger charge is 2.15. The molecule has 0 atom stereocenters. The fourth-order valence-corrected chi connectivity index (χ4v) is 4.42. The van der Waals surface area contributed by atoms with Crippen LogP contribution in [0.2, 0.25) is 5.02 Å². The van der Waals surface area contributed by atoms with Crippen molar-refractivity contribution in [1.29, 1.82) is 0 Å². The van der Waals surface area contributed by atoms with Crippen LogP contribution in [0.4, 0.5) is 0 Å². The Morgan fingerprint density at radius 1 is 0.935 bits per heavy atom. The molecule has 5 aromatic rings. The van der Waals surface area contributed by atoms with E-state index in [1.165, 1.54) is 11.8 Å². The molecule has 0 saturated heterocycles. The van der Waals surface area contributed by atoms with Crippen molar-refractivity contribution in [2.45, 2.75) is 10.9 Å². The van der Waals surface area contributed by atoms with Crippen molar-refractivity contribution in [3.8, 4) is 16.9 Å². The predicted molar refractivity (Wildman–Crippen MR) is 126 cm³/mol. The average Bonchev–Trinajstić information content (AvgIpc) is 3.28. The van der Waals surface area contributed by atoms with E-state index in [1.54, 1.807) is 16.7 Å². The second kappa shape index (κ2) is 8.41. The van der Waals surface area contributed by atoms with Gasteiger partial charge in [0.15, 0.2) is 5.16 Å². The van der Waals surface area contributed by atoms with E-state index in [1.807, 2.05) is 72.9 Å². The summed E-state index contributed by atoms with van der Waals surface area (Å²) in [5.41, 5.74) is 3.15. The number of aromatic nitrogens is 4. The van der Waals surface area contributed by atoms with Crippen LogP contribution in [0.1, 0.15) is 5.82 Å². The Balaban J connectivity index is 1.54. The first-order valence-electron chi connectivity index (χ1n) is 9.69. The van der Waals surface area contributed by atoms with Crippen LogP contribution in [0.25, 0.3) is 27.8 Å². The summed E-state index contributed by atoms with van der Waals surface area (Å²) in [6.07, 6.45) is 1.81. The van der Waals surface area contributed by atoms with Crippen molar-refractivity contribution in [3.05, 3.63) is 106 Å². The second-order valence-corrected chi connectivity index (χ2v) is 8.27. The van der Waals surface area contributed by atoms with Crippen LogP contribution in [0.5, 0.6) is 0 Å². The van der Waals surface area contributed by atoms with E-state index in [-0.39, 0.29) is 5.56 Å². The quantitative estimate of drug-likeness (QED) is 0.352. The number of nitrogens with zero attached hydrogens (tertiary/aromatic N) is 3. The molecule has 1 N–H and O–H groups in total. The van der Waals surface area contributed by atoms with Gasteiger partial charge in [-0.15, -0.1) is 0 Å². The fraction of sp³-hybridized carbons (Fsp3) is 0.0417. The highest BCUT2D eigenvalue weighted by molar-refractivity contribution is 7.98. The van der Waals surface area contributed by atoms with Crippen LogP contribution >= 0.6 is 23.4 Å². The number of para-hydroxylation sites is 2. The number of H-pyrrole nitrogens is 1. The number of rotatable bonds is 5. The van der Waals surface area contributed by atoms with Gasteiger partial charge in [-0.05, 0) is 29.8 Å². The van der Waals surface area contributed by atoms with E-state index < -0.39 is 0 Å². The Labute approximate surface area is 187 Å². The van der Waals surface area contributed by atoms with Gasteiger partial charge in [0.2, 0.25) is 0 Å². The average molecular weight is 445 g/mol. The molecule has 0 bridgehead atoms. The Morgan fingerprint density at radius 2 is 1.68 bits per heavy atom. The summed E-state index contributed by atoms with van der Waals surface area (Å²) in [5.74, 6) is 1.06. The fourth-order valence-electron chi connectivity index (χ4n) is 3.43. The van der Waals surface area contributed by atoms with Crippen LogP contribution in [-0.4, -0.2) is 19.5 Å². The first-order chi connectivity index (χ1) is 15.2. The molecule has 0 radical (unpaired) electrons. The maximum Gasteiger partial charge on any atom is 0.266 e. The van der Waals surface area contributed by atoms with Gasteiger partial charge < -0.3 is 4.98 Å². The molecule has 0 saturated carbocycles. The Bertz CT molecular complexity index is 1430. The topological polar surface area (TPSA) is 63.6 Å². The first kappa shape index (κ1) is 19.6. The van der Waals surface area contributed by atoms with Gasteiger partial charge in [-0.3, -0.25) is 9.36 Å². The third-order valence-electron chi connectivity index (χ3n) is 4.91. The molecule has 2 heterocycles. The summed E-state index contributed by atoms with van der Waals surface area (Å²) in [5, 5.41) is 1.81. The largest absolute Gasteiger partial charge is 0.333 e. The summed E-state index contributed by atoms with van der Waals surface area (Å²) in [4.78, 5) is 25.9. The molecular formula is C24H17ClN4OS. The maximum absolute atomic E-state index is 13.3. The van der Waals surface area contributed by atoms with E-state index in [9.17, 15) is 4.79 Å². The van der Waals surface area contributed by atoms with Gasteiger partial charge >= 0.3 is 0 Å². The molecule has 0 unspecified atom stereocenters. The molecular weight excluding hydrogens is 428 g/mol. The summed E-state index contributed by atoms with van der Waals surface area (Å²) in [7, 11) is 0. The summed E-state index contributed by atoms with van der Waals surface area (Å²) in [6.45, 7) is 0. The zero-order chi connectivity index (χ0) is 21.2. The Kier molecular flexibility index (Phi) is 5.32. The van der Waals surface area contributed by atoms with Gasteiger partial charge in [0.25, 0.3) is 5.56 Å². The van der Waals surface area contributed by atoms with Crippen molar-refractivity contribution >= 4 is 34.3 Å².